The molecule has 0 aliphatic carbocycles. The smallest absolute Gasteiger partial charge is 0.324 e. The first-order chi connectivity index (χ1) is 16.8. The number of rotatable bonds is 9. The van der Waals surface area contributed by atoms with E-state index in [0.29, 0.717) is 42.8 Å². The predicted octanol–water partition coefficient (Wildman–Crippen LogP) is 4.34. The topological polar surface area (TPSA) is 124 Å². The molecule has 2 amide bonds. The van der Waals surface area contributed by atoms with E-state index >= 15 is 0 Å². The lowest BCUT2D eigenvalue weighted by atomic mass is 9.93. The number of carbonyl (C=O) groups excluding carboxylic acids is 1. The summed E-state index contributed by atoms with van der Waals surface area (Å²) in [5, 5.41) is 18.1. The van der Waals surface area contributed by atoms with E-state index in [2.05, 4.69) is 20.8 Å². The third-order valence-electron chi connectivity index (χ3n) is 5.15. The van der Waals surface area contributed by atoms with E-state index in [1.165, 1.54) is 0 Å². The number of nitrogens with zero attached hydrogens (tertiary/aromatic N) is 3. The summed E-state index contributed by atoms with van der Waals surface area (Å²) in [6, 6.07) is 14.4. The molecule has 0 aliphatic heterocycles. The van der Waals surface area contributed by atoms with Crippen LogP contribution in [0.3, 0.4) is 0 Å². The summed E-state index contributed by atoms with van der Waals surface area (Å²) in [6.45, 7) is 7.11. The molecule has 2 heterocycles. The van der Waals surface area contributed by atoms with E-state index in [9.17, 15) is 4.79 Å². The van der Waals surface area contributed by atoms with Crippen LogP contribution in [0.15, 0.2) is 59.4 Å². The van der Waals surface area contributed by atoms with Crippen LogP contribution in [0, 0.1) is 0 Å². The minimum atomic E-state index is -0.408. The Bertz CT molecular complexity index is 1270. The van der Waals surface area contributed by atoms with Crippen LogP contribution in [0.4, 0.5) is 16.3 Å². The predicted molar refractivity (Wildman–Crippen MR) is 132 cm³/mol. The van der Waals surface area contributed by atoms with Gasteiger partial charge in [0.2, 0.25) is 0 Å². The first kappa shape index (κ1) is 24.2. The van der Waals surface area contributed by atoms with Crippen molar-refractivity contribution in [3.63, 3.8) is 0 Å². The van der Waals surface area contributed by atoms with Gasteiger partial charge in [-0.2, -0.15) is 0 Å². The van der Waals surface area contributed by atoms with Crippen molar-refractivity contribution in [3.8, 4) is 11.4 Å². The molecular weight excluding hydrogens is 450 g/mol. The molecule has 4 rings (SSSR count). The van der Waals surface area contributed by atoms with E-state index in [4.69, 9.17) is 19.1 Å². The van der Waals surface area contributed by atoms with Gasteiger partial charge in [0.15, 0.2) is 5.82 Å². The van der Waals surface area contributed by atoms with Crippen molar-refractivity contribution in [3.05, 3.63) is 60.6 Å². The highest BCUT2D eigenvalue weighted by molar-refractivity contribution is 5.99. The summed E-state index contributed by atoms with van der Waals surface area (Å²) in [5.74, 6) is 1.74. The van der Waals surface area contributed by atoms with Gasteiger partial charge in [-0.05, 0) is 36.4 Å². The Morgan fingerprint density at radius 3 is 2.57 bits per heavy atom. The molecule has 10 heteroatoms. The quantitative estimate of drug-likeness (QED) is 0.305. The molecule has 4 aromatic rings. The molecule has 0 spiro atoms. The van der Waals surface area contributed by atoms with Crippen LogP contribution in [0.25, 0.3) is 16.7 Å². The minimum Gasteiger partial charge on any atom is -0.491 e. The summed E-state index contributed by atoms with van der Waals surface area (Å²) in [6.07, 6.45) is 1.74. The zero-order valence-corrected chi connectivity index (χ0v) is 19.9. The van der Waals surface area contributed by atoms with Crippen molar-refractivity contribution in [2.24, 2.45) is 0 Å². The third kappa shape index (κ3) is 6.17. The van der Waals surface area contributed by atoms with Gasteiger partial charge < -0.3 is 24.4 Å². The maximum atomic E-state index is 12.3. The van der Waals surface area contributed by atoms with Crippen molar-refractivity contribution in [2.75, 3.05) is 37.1 Å². The number of hydrogen-bond donors (Lipinski definition) is 3. The monoisotopic (exact) mass is 479 g/mol. The molecule has 2 aromatic heterocycles. The van der Waals surface area contributed by atoms with Gasteiger partial charge in [-0.15, -0.1) is 0 Å². The molecule has 3 N–H and O–H groups in total. The normalized spacial score (nSPS) is 11.5. The van der Waals surface area contributed by atoms with Crippen LogP contribution in [0.2, 0.25) is 0 Å². The number of carbonyl (C=O) groups is 1. The zero-order valence-electron chi connectivity index (χ0n) is 19.9. The Kier molecular flexibility index (Phi) is 7.33. The van der Waals surface area contributed by atoms with Crippen LogP contribution >= 0.6 is 0 Å². The number of urea groups is 1. The fourth-order valence-electron chi connectivity index (χ4n) is 3.34. The summed E-state index contributed by atoms with van der Waals surface area (Å²) in [4.78, 5) is 16.8. The van der Waals surface area contributed by atoms with Crippen LogP contribution in [-0.4, -0.2) is 52.3 Å². The summed E-state index contributed by atoms with van der Waals surface area (Å²) in [7, 11) is 0. The number of aromatic nitrogens is 3. The zero-order chi connectivity index (χ0) is 24.8. The Hall–Kier alpha value is -3.89. The summed E-state index contributed by atoms with van der Waals surface area (Å²) in [5.41, 5.74) is 3.06. The number of benzene rings is 2. The lowest BCUT2D eigenvalue weighted by molar-refractivity contribution is 0.0705. The van der Waals surface area contributed by atoms with Crippen molar-refractivity contribution < 1.29 is 23.9 Å². The SMILES string of the molecule is CC(C)(C)c1cc(NC(=O)Nc2ccc(-n3cnc4cc(OCCOCCO)ccc43)cc2)no1. The largest absolute Gasteiger partial charge is 0.491 e. The van der Waals surface area contributed by atoms with Gasteiger partial charge in [-0.1, -0.05) is 25.9 Å². The van der Waals surface area contributed by atoms with Crippen molar-refractivity contribution in [1.82, 2.24) is 14.7 Å². The van der Waals surface area contributed by atoms with E-state index in [1.54, 1.807) is 12.4 Å². The van der Waals surface area contributed by atoms with E-state index < -0.39 is 6.03 Å². The van der Waals surface area contributed by atoms with Crippen LogP contribution in [-0.2, 0) is 10.2 Å². The fourth-order valence-corrected chi connectivity index (χ4v) is 3.34. The number of amides is 2. The lowest BCUT2D eigenvalue weighted by Crippen LogP contribution is -2.19. The molecule has 0 saturated heterocycles. The number of imidazole rings is 1. The summed E-state index contributed by atoms with van der Waals surface area (Å²) < 4.78 is 18.1. The summed E-state index contributed by atoms with van der Waals surface area (Å²) >= 11 is 0. The van der Waals surface area contributed by atoms with E-state index in [1.807, 2.05) is 67.8 Å². The second-order valence-electron chi connectivity index (χ2n) is 8.90. The Balaban J connectivity index is 1.37. The van der Waals surface area contributed by atoms with Crippen molar-refractivity contribution >= 4 is 28.6 Å². The number of aliphatic hydroxyl groups excluding tert-OH is 1. The molecule has 35 heavy (non-hydrogen) atoms. The maximum Gasteiger partial charge on any atom is 0.324 e. The van der Waals surface area contributed by atoms with Crippen LogP contribution in [0.5, 0.6) is 5.75 Å². The van der Waals surface area contributed by atoms with Gasteiger partial charge in [0.05, 0.1) is 30.9 Å². The van der Waals surface area contributed by atoms with Crippen LogP contribution in [0.1, 0.15) is 26.5 Å². The molecule has 0 atom stereocenters. The molecule has 0 saturated carbocycles. The van der Waals surface area contributed by atoms with Crippen LogP contribution < -0.4 is 15.4 Å². The Morgan fingerprint density at radius 1 is 1.06 bits per heavy atom. The molecule has 2 aromatic carbocycles. The average molecular weight is 480 g/mol. The first-order valence-electron chi connectivity index (χ1n) is 11.3. The Morgan fingerprint density at radius 2 is 1.86 bits per heavy atom. The number of nitrogens with one attached hydrogen (secondary N) is 2. The Labute approximate surface area is 202 Å². The maximum absolute atomic E-state index is 12.3. The number of aliphatic hydroxyl groups is 1. The second-order valence-corrected chi connectivity index (χ2v) is 8.90. The van der Waals surface area contributed by atoms with E-state index in [-0.39, 0.29) is 12.0 Å². The molecule has 10 nitrogen and oxygen atoms in total. The fraction of sp³-hybridized carbons (Fsp3) is 0.320. The highest BCUT2D eigenvalue weighted by atomic mass is 16.5. The van der Waals surface area contributed by atoms with Gasteiger partial charge >= 0.3 is 6.03 Å². The third-order valence-corrected chi connectivity index (χ3v) is 5.15. The molecular formula is C25H29N5O5. The lowest BCUT2D eigenvalue weighted by Gasteiger charge is -2.12. The van der Waals surface area contributed by atoms with Crippen molar-refractivity contribution in [1.29, 1.82) is 0 Å². The standard InChI is InChI=1S/C25H29N5O5/c1-25(2,3)22-15-23(29-35-22)28-24(32)27-17-4-6-18(7-5-17)30-16-26-20-14-19(8-9-21(20)30)34-13-12-33-11-10-31/h4-9,14-16,31H,10-13H2,1-3H3,(H2,27,28,29,32). The molecule has 0 fully saturated rings. The van der Waals surface area contributed by atoms with Gasteiger partial charge in [-0.25, -0.2) is 9.78 Å². The molecule has 0 unspecified atom stereocenters. The highest BCUT2D eigenvalue weighted by Crippen LogP contribution is 2.25. The number of fused-ring (bicyclic) bond motifs is 1. The number of ether oxygens (including phenoxy) is 2. The minimum absolute atomic E-state index is 0.00512. The molecule has 0 bridgehead atoms. The van der Waals surface area contributed by atoms with Gasteiger partial charge in [0, 0.05) is 28.9 Å². The van der Waals surface area contributed by atoms with Gasteiger partial charge in [0.1, 0.15) is 24.4 Å². The van der Waals surface area contributed by atoms with Crippen molar-refractivity contribution in [2.45, 2.75) is 26.2 Å². The average Bonchev–Trinajstić information content (AvgIpc) is 3.46. The second kappa shape index (κ2) is 10.6. The van der Waals surface area contributed by atoms with E-state index in [0.717, 1.165) is 16.7 Å². The molecule has 184 valence electrons. The van der Waals surface area contributed by atoms with Gasteiger partial charge in [0.25, 0.3) is 0 Å². The number of anilines is 2. The molecule has 0 aliphatic rings. The van der Waals surface area contributed by atoms with Gasteiger partial charge in [-0.3, -0.25) is 9.88 Å². The highest BCUT2D eigenvalue weighted by Gasteiger charge is 2.20. The number of hydrogen-bond acceptors (Lipinski definition) is 7. The molecule has 0 radical (unpaired) electrons. The first-order valence-corrected chi connectivity index (χ1v) is 11.3.